The van der Waals surface area contributed by atoms with Gasteiger partial charge in [0, 0.05) is 63.0 Å². The third-order valence-electron chi connectivity index (χ3n) is 7.21. The normalized spacial score (nSPS) is 26.1. The fourth-order valence-electron chi connectivity index (χ4n) is 5.58. The number of carbonyl (C=O) groups excluding carboxylic acids is 2. The average Bonchev–Trinajstić information content (AvgIpc) is 3.46. The summed E-state index contributed by atoms with van der Waals surface area (Å²) in [5.41, 5.74) is 0.223. The minimum atomic E-state index is -0.404. The van der Waals surface area contributed by atoms with Crippen molar-refractivity contribution in [2.75, 3.05) is 44.7 Å². The first-order chi connectivity index (χ1) is 14.0. The van der Waals surface area contributed by atoms with E-state index in [9.17, 15) is 9.59 Å². The van der Waals surface area contributed by atoms with Gasteiger partial charge in [0.2, 0.25) is 11.9 Å². The molecule has 0 aromatic carbocycles. The van der Waals surface area contributed by atoms with E-state index in [1.54, 1.807) is 23.7 Å². The van der Waals surface area contributed by atoms with Crippen LogP contribution in [0.2, 0.25) is 0 Å². The molecule has 0 N–H and O–H groups in total. The van der Waals surface area contributed by atoms with E-state index in [1.807, 2.05) is 39.7 Å². The van der Waals surface area contributed by atoms with E-state index < -0.39 is 5.41 Å². The predicted molar refractivity (Wildman–Crippen MR) is 111 cm³/mol. The largest absolute Gasteiger partial charge is 0.345 e. The van der Waals surface area contributed by atoms with Crippen LogP contribution in [-0.4, -0.2) is 71.4 Å². The Bertz CT molecular complexity index is 910. The Hall–Kier alpha value is -2.48. The van der Waals surface area contributed by atoms with Crippen LogP contribution in [0.25, 0.3) is 0 Å². The third kappa shape index (κ3) is 2.76. The van der Waals surface area contributed by atoms with Crippen molar-refractivity contribution in [3.05, 3.63) is 40.8 Å². The van der Waals surface area contributed by atoms with Crippen LogP contribution < -0.4 is 4.90 Å². The van der Waals surface area contributed by atoms with Crippen molar-refractivity contribution < 1.29 is 9.59 Å². The molecule has 0 aliphatic carbocycles. The highest BCUT2D eigenvalue weighted by Gasteiger charge is 2.65. The predicted octanol–water partition coefficient (Wildman–Crippen LogP) is 2.13. The zero-order chi connectivity index (χ0) is 20.1. The van der Waals surface area contributed by atoms with Crippen LogP contribution in [0.4, 0.5) is 5.95 Å². The van der Waals surface area contributed by atoms with Crippen LogP contribution >= 0.6 is 11.3 Å². The number of anilines is 1. The van der Waals surface area contributed by atoms with Crippen molar-refractivity contribution in [3.63, 3.8) is 0 Å². The number of rotatable bonds is 2. The summed E-state index contributed by atoms with van der Waals surface area (Å²) in [6, 6.07) is 3.70. The standard InChI is InChI=1S/C21H25N5O2S/c1-24-9-6-21(18(24)28)15-26(19-22-7-2-8-23-19)14-20(21)4-10-25(11-5-20)17(27)16-3-12-29-13-16/h2-3,7-8,12-13H,4-6,9-11,14-15H2,1H3. The van der Waals surface area contributed by atoms with Gasteiger partial charge in [-0.3, -0.25) is 9.59 Å². The van der Waals surface area contributed by atoms with Gasteiger partial charge in [0.1, 0.15) is 0 Å². The molecule has 2 aromatic heterocycles. The second-order valence-electron chi connectivity index (χ2n) is 8.55. The van der Waals surface area contributed by atoms with E-state index in [-0.39, 0.29) is 17.2 Å². The van der Waals surface area contributed by atoms with Crippen LogP contribution in [0.3, 0.4) is 0 Å². The van der Waals surface area contributed by atoms with Gasteiger partial charge in [0.05, 0.1) is 11.0 Å². The lowest BCUT2D eigenvalue weighted by molar-refractivity contribution is -0.140. The van der Waals surface area contributed by atoms with E-state index in [1.165, 1.54) is 0 Å². The van der Waals surface area contributed by atoms with Gasteiger partial charge in [-0.05, 0) is 36.8 Å². The van der Waals surface area contributed by atoms with Crippen LogP contribution in [-0.2, 0) is 4.79 Å². The minimum Gasteiger partial charge on any atom is -0.345 e. The molecule has 2 amide bonds. The molecule has 2 spiro atoms. The minimum absolute atomic E-state index is 0.103. The Morgan fingerprint density at radius 3 is 2.48 bits per heavy atom. The summed E-state index contributed by atoms with van der Waals surface area (Å²) < 4.78 is 0. The van der Waals surface area contributed by atoms with Crippen molar-refractivity contribution >= 4 is 29.1 Å². The highest BCUT2D eigenvalue weighted by molar-refractivity contribution is 7.08. The Morgan fingerprint density at radius 2 is 1.86 bits per heavy atom. The summed E-state index contributed by atoms with van der Waals surface area (Å²) in [6.07, 6.45) is 6.05. The summed E-state index contributed by atoms with van der Waals surface area (Å²) in [5, 5.41) is 3.85. The fourth-order valence-corrected chi connectivity index (χ4v) is 6.21. The third-order valence-corrected chi connectivity index (χ3v) is 7.89. The van der Waals surface area contributed by atoms with Crippen molar-refractivity contribution in [1.29, 1.82) is 0 Å². The van der Waals surface area contributed by atoms with Gasteiger partial charge in [0.25, 0.3) is 5.91 Å². The average molecular weight is 412 g/mol. The Kier molecular flexibility index (Phi) is 4.34. The monoisotopic (exact) mass is 411 g/mol. The highest BCUT2D eigenvalue weighted by Crippen LogP contribution is 2.58. The van der Waals surface area contributed by atoms with Crippen LogP contribution in [0.15, 0.2) is 35.3 Å². The molecule has 3 aliphatic rings. The van der Waals surface area contributed by atoms with E-state index in [0.717, 1.165) is 37.9 Å². The maximum absolute atomic E-state index is 13.4. The van der Waals surface area contributed by atoms with Gasteiger partial charge in [-0.15, -0.1) is 0 Å². The number of hydrogen-bond donors (Lipinski definition) is 0. The lowest BCUT2D eigenvalue weighted by atomic mass is 9.60. The number of hydrogen-bond acceptors (Lipinski definition) is 6. The first kappa shape index (κ1) is 18.5. The zero-order valence-electron chi connectivity index (χ0n) is 16.6. The van der Waals surface area contributed by atoms with Gasteiger partial charge < -0.3 is 14.7 Å². The fraction of sp³-hybridized carbons (Fsp3) is 0.524. The number of carbonyl (C=O) groups is 2. The van der Waals surface area contributed by atoms with Gasteiger partial charge in [-0.2, -0.15) is 11.3 Å². The van der Waals surface area contributed by atoms with Gasteiger partial charge in [-0.1, -0.05) is 0 Å². The molecule has 3 saturated heterocycles. The smallest absolute Gasteiger partial charge is 0.254 e. The van der Waals surface area contributed by atoms with Gasteiger partial charge in [-0.25, -0.2) is 9.97 Å². The number of likely N-dealkylation sites (tertiary alicyclic amines) is 2. The second kappa shape index (κ2) is 6.79. The number of aromatic nitrogens is 2. The number of amides is 2. The molecule has 8 heteroatoms. The van der Waals surface area contributed by atoms with Crippen molar-refractivity contribution in [2.45, 2.75) is 19.3 Å². The number of fused-ring (bicyclic) bond motifs is 1. The quantitative estimate of drug-likeness (QED) is 0.757. The SMILES string of the molecule is CN1CCC2(CN(c3ncccn3)CC23CCN(C(=O)c2ccsc2)CC3)C1=O. The lowest BCUT2D eigenvalue weighted by Crippen LogP contribution is -2.53. The summed E-state index contributed by atoms with van der Waals surface area (Å²) in [6.45, 7) is 3.62. The molecule has 0 saturated carbocycles. The molecular formula is C21H25N5O2S. The van der Waals surface area contributed by atoms with Gasteiger partial charge >= 0.3 is 0 Å². The maximum Gasteiger partial charge on any atom is 0.254 e. The summed E-state index contributed by atoms with van der Waals surface area (Å²) in [4.78, 5) is 41.1. The Morgan fingerprint density at radius 1 is 1.10 bits per heavy atom. The van der Waals surface area contributed by atoms with E-state index in [0.29, 0.717) is 25.6 Å². The van der Waals surface area contributed by atoms with Crippen molar-refractivity contribution in [3.8, 4) is 0 Å². The molecule has 3 fully saturated rings. The molecule has 2 aromatic rings. The summed E-state index contributed by atoms with van der Waals surface area (Å²) in [7, 11) is 1.90. The van der Waals surface area contributed by atoms with E-state index in [4.69, 9.17) is 0 Å². The first-order valence-corrected chi connectivity index (χ1v) is 11.1. The van der Waals surface area contributed by atoms with E-state index >= 15 is 0 Å². The van der Waals surface area contributed by atoms with Crippen molar-refractivity contribution in [1.82, 2.24) is 19.8 Å². The molecule has 1 unspecified atom stereocenters. The Labute approximate surface area is 174 Å². The number of piperidine rings is 1. The van der Waals surface area contributed by atoms with Crippen LogP contribution in [0.5, 0.6) is 0 Å². The van der Waals surface area contributed by atoms with Crippen molar-refractivity contribution in [2.24, 2.45) is 10.8 Å². The molecule has 0 radical (unpaired) electrons. The van der Waals surface area contributed by atoms with Crippen LogP contribution in [0, 0.1) is 10.8 Å². The molecule has 29 heavy (non-hydrogen) atoms. The first-order valence-electron chi connectivity index (χ1n) is 10.1. The molecule has 152 valence electrons. The maximum atomic E-state index is 13.4. The summed E-state index contributed by atoms with van der Waals surface area (Å²) in [5.74, 6) is 1.04. The number of thiophene rings is 1. The topological polar surface area (TPSA) is 69.6 Å². The molecular weight excluding hydrogens is 386 g/mol. The molecule has 1 atom stereocenters. The van der Waals surface area contributed by atoms with Crippen LogP contribution in [0.1, 0.15) is 29.6 Å². The van der Waals surface area contributed by atoms with Gasteiger partial charge in [0.15, 0.2) is 0 Å². The highest BCUT2D eigenvalue weighted by atomic mass is 32.1. The molecule has 5 heterocycles. The van der Waals surface area contributed by atoms with E-state index in [2.05, 4.69) is 14.9 Å². The Balaban J connectivity index is 1.43. The number of nitrogens with zero attached hydrogens (tertiary/aromatic N) is 5. The zero-order valence-corrected chi connectivity index (χ0v) is 17.4. The molecule has 5 rings (SSSR count). The molecule has 7 nitrogen and oxygen atoms in total. The molecule has 0 bridgehead atoms. The molecule has 3 aliphatic heterocycles. The summed E-state index contributed by atoms with van der Waals surface area (Å²) >= 11 is 1.55. The second-order valence-corrected chi connectivity index (χ2v) is 9.33. The lowest BCUT2D eigenvalue weighted by Gasteiger charge is -2.46.